The number of aryl methyl sites for hydroxylation is 1. The number of esters is 1. The van der Waals surface area contributed by atoms with Gasteiger partial charge in [-0.3, -0.25) is 38.1 Å². The van der Waals surface area contributed by atoms with Crippen LogP contribution in [0.2, 0.25) is 0 Å². The molecule has 2 aliphatic heterocycles. The number of ether oxygens (including phenoxy) is 2. The number of cyclic esters (lactones) is 1. The van der Waals surface area contributed by atoms with E-state index in [0.29, 0.717) is 30.4 Å². The molecule has 24 nitrogen and oxygen atoms in total. The second-order valence-corrected chi connectivity index (χ2v) is 20.5. The fourth-order valence-corrected chi connectivity index (χ4v) is 9.22. The molecular formula is C51H76N8O16S. The molecular weight excluding hydrogens is 1010 g/mol. The predicted molar refractivity (Wildman–Crippen MR) is 274 cm³/mol. The average Bonchev–Trinajstić information content (AvgIpc) is 3.38. The molecule has 2 fully saturated rings. The molecule has 7 amide bonds. The summed E-state index contributed by atoms with van der Waals surface area (Å²) in [7, 11) is -2.60. The Morgan fingerprint density at radius 3 is 2.13 bits per heavy atom. The van der Waals surface area contributed by atoms with Gasteiger partial charge in [0.2, 0.25) is 35.4 Å². The lowest BCUT2D eigenvalue weighted by molar-refractivity contribution is -0.168. The number of hydrogen-bond donors (Lipinski definition) is 9. The number of phenols is 1. The zero-order valence-electron chi connectivity index (χ0n) is 44.1. The van der Waals surface area contributed by atoms with Crippen LogP contribution in [0.25, 0.3) is 0 Å². The average molecular weight is 1090 g/mol. The van der Waals surface area contributed by atoms with Gasteiger partial charge in [-0.15, -0.1) is 0 Å². The molecule has 0 aromatic heterocycles. The number of phenolic OH excluding ortho intramolecular Hbond substituents is 1. The van der Waals surface area contributed by atoms with Crippen molar-refractivity contribution in [1.29, 1.82) is 0 Å². The lowest BCUT2D eigenvalue weighted by atomic mass is 9.91. The molecule has 0 aliphatic carbocycles. The van der Waals surface area contributed by atoms with Gasteiger partial charge >= 0.3 is 16.4 Å². The van der Waals surface area contributed by atoms with Crippen LogP contribution in [0.5, 0.6) is 5.75 Å². The van der Waals surface area contributed by atoms with E-state index in [1.54, 1.807) is 70.2 Å². The van der Waals surface area contributed by atoms with Gasteiger partial charge in [0.05, 0.1) is 0 Å². The number of likely N-dealkylation sites (N-methyl/N-ethyl adjacent to an activating group) is 1. The van der Waals surface area contributed by atoms with Gasteiger partial charge < -0.3 is 61.8 Å². The second kappa shape index (κ2) is 29.3. The van der Waals surface area contributed by atoms with Gasteiger partial charge in [0.15, 0.2) is 6.10 Å². The van der Waals surface area contributed by atoms with Gasteiger partial charge in [-0.25, -0.2) is 8.98 Å². The van der Waals surface area contributed by atoms with Crippen molar-refractivity contribution in [2.75, 3.05) is 27.3 Å². The Bertz CT molecular complexity index is 2420. The standard InChI is InChI=1S/C51H76N8O16S/c1-8-29(3)41-51(69)75-31(5)42(57-45(63)36(23-20-32-18-21-34(60)22-19-32)53-47(65)39(73-7)28-74-76(70,71)72)48(66)54-35(17-13-14-26-52)44(62)55-37-24-25-40(61)59(49(37)67)43(30(4)9-2)50(68)58(6)38(46(64)56-41)27-33-15-11-10-12-16-33/h10-12,15-16,18-19,21-22,29-31,35-43,60-61H,8-9,13-14,17,20,23-28,52H2,1-7H3,(H,53,65)(H,54,66)(H,55,62)(H,56,64)(H,57,63)(H,70,71,72)/t29?,30?,31-,35?,36+,37+,38+,39?,40-,41+,42?,43?/m1/s1. The third-order valence-electron chi connectivity index (χ3n) is 14.0. The normalized spacial score (nSPS) is 25.0. The monoisotopic (exact) mass is 1090 g/mol. The number of unbranched alkanes of at least 4 members (excludes halogenated alkanes) is 1. The molecule has 2 aliphatic rings. The van der Waals surface area contributed by atoms with E-state index in [1.165, 1.54) is 31.0 Å². The summed E-state index contributed by atoms with van der Waals surface area (Å²) in [6.45, 7) is 7.43. The summed E-state index contributed by atoms with van der Waals surface area (Å²) in [5, 5.41) is 34.5. The van der Waals surface area contributed by atoms with Crippen molar-refractivity contribution in [3.05, 3.63) is 65.7 Å². The van der Waals surface area contributed by atoms with E-state index in [1.807, 2.05) is 0 Å². The minimum absolute atomic E-state index is 0.0457. The van der Waals surface area contributed by atoms with E-state index in [0.717, 1.165) is 12.0 Å². The highest BCUT2D eigenvalue weighted by Crippen LogP contribution is 2.28. The van der Waals surface area contributed by atoms with Crippen LogP contribution < -0.4 is 32.3 Å². The van der Waals surface area contributed by atoms with Crippen molar-refractivity contribution in [2.45, 2.75) is 160 Å². The molecule has 0 saturated carbocycles. The summed E-state index contributed by atoms with van der Waals surface area (Å²) < 4.78 is 47.3. The van der Waals surface area contributed by atoms with Gasteiger partial charge in [-0.05, 0) is 93.5 Å². The number of carbonyl (C=O) groups is 8. The number of hydrogen-bond acceptors (Lipinski definition) is 16. The molecule has 2 bridgehead atoms. The van der Waals surface area contributed by atoms with Crippen molar-refractivity contribution >= 4 is 57.7 Å². The zero-order chi connectivity index (χ0) is 56.4. The fourth-order valence-electron chi connectivity index (χ4n) is 8.92. The molecule has 2 aromatic rings. The van der Waals surface area contributed by atoms with Crippen LogP contribution in [0.1, 0.15) is 97.1 Å². The Balaban J connectivity index is 1.87. The summed E-state index contributed by atoms with van der Waals surface area (Å²) in [5.41, 5.74) is 7.03. The van der Waals surface area contributed by atoms with E-state index in [-0.39, 0.29) is 57.2 Å². The number of rotatable bonds is 21. The third kappa shape index (κ3) is 17.7. The van der Waals surface area contributed by atoms with Crippen LogP contribution in [0.15, 0.2) is 54.6 Å². The smallest absolute Gasteiger partial charge is 0.397 e. The van der Waals surface area contributed by atoms with Gasteiger partial charge in [-0.1, -0.05) is 83.0 Å². The first-order valence-electron chi connectivity index (χ1n) is 25.6. The van der Waals surface area contributed by atoms with E-state index in [9.17, 15) is 57.0 Å². The largest absolute Gasteiger partial charge is 0.508 e. The maximum absolute atomic E-state index is 15.0. The number of piperidine rings is 1. The van der Waals surface area contributed by atoms with Gasteiger partial charge in [0.1, 0.15) is 67.0 Å². The Morgan fingerprint density at radius 1 is 0.868 bits per heavy atom. The third-order valence-corrected chi connectivity index (χ3v) is 14.4. The second-order valence-electron chi connectivity index (χ2n) is 19.4. The molecule has 0 spiro atoms. The highest BCUT2D eigenvalue weighted by atomic mass is 32.3. The van der Waals surface area contributed by atoms with Crippen molar-refractivity contribution in [1.82, 2.24) is 36.4 Å². The molecule has 422 valence electrons. The number of nitrogens with zero attached hydrogens (tertiary/aromatic N) is 2. The van der Waals surface area contributed by atoms with Crippen molar-refractivity contribution < 1.29 is 75.2 Å². The maximum Gasteiger partial charge on any atom is 0.397 e. The van der Waals surface area contributed by atoms with Crippen molar-refractivity contribution in [2.24, 2.45) is 17.6 Å². The Hall–Kier alpha value is -6.25. The number of aromatic hydroxyl groups is 1. The van der Waals surface area contributed by atoms with E-state index in [4.69, 9.17) is 19.8 Å². The molecule has 2 heterocycles. The molecule has 6 unspecified atom stereocenters. The lowest BCUT2D eigenvalue weighted by Crippen LogP contribution is -2.66. The number of fused-ring (bicyclic) bond motifs is 2. The number of nitrogens with two attached hydrogens (primary N) is 1. The summed E-state index contributed by atoms with van der Waals surface area (Å²) in [5.74, 6) is -8.62. The Kier molecular flexibility index (Phi) is 24.0. The van der Waals surface area contributed by atoms with Crippen LogP contribution in [0, 0.1) is 11.8 Å². The minimum Gasteiger partial charge on any atom is -0.508 e. The molecule has 0 radical (unpaired) electrons. The number of amides is 7. The Morgan fingerprint density at radius 2 is 1.53 bits per heavy atom. The molecule has 25 heteroatoms. The highest BCUT2D eigenvalue weighted by molar-refractivity contribution is 7.80. The highest BCUT2D eigenvalue weighted by Gasteiger charge is 2.47. The lowest BCUT2D eigenvalue weighted by Gasteiger charge is -2.44. The van der Waals surface area contributed by atoms with Gasteiger partial charge in [0.25, 0.3) is 5.91 Å². The molecule has 4 rings (SSSR count). The fraction of sp³-hybridized carbons (Fsp3) is 0.608. The van der Waals surface area contributed by atoms with Crippen molar-refractivity contribution in [3.8, 4) is 5.75 Å². The number of aliphatic hydroxyl groups excluding tert-OH is 1. The molecule has 12 atom stereocenters. The molecule has 2 saturated heterocycles. The summed E-state index contributed by atoms with van der Waals surface area (Å²) in [6.07, 6.45) is -3.80. The van der Waals surface area contributed by atoms with Crippen LogP contribution in [-0.2, 0) is 75.3 Å². The van der Waals surface area contributed by atoms with Crippen LogP contribution >= 0.6 is 0 Å². The van der Waals surface area contributed by atoms with Crippen molar-refractivity contribution in [3.63, 3.8) is 0 Å². The number of carbonyl (C=O) groups excluding carboxylic acids is 8. The topological polar surface area (TPSA) is 352 Å². The molecule has 76 heavy (non-hydrogen) atoms. The van der Waals surface area contributed by atoms with Gasteiger partial charge in [0, 0.05) is 20.6 Å². The predicted octanol–water partition coefficient (Wildman–Crippen LogP) is 0.129. The first-order chi connectivity index (χ1) is 35.9. The summed E-state index contributed by atoms with van der Waals surface area (Å²) in [4.78, 5) is 119. The Labute approximate surface area is 443 Å². The number of methoxy groups -OCH3 is 1. The minimum atomic E-state index is -5.04. The van der Waals surface area contributed by atoms with Gasteiger partial charge in [-0.2, -0.15) is 8.42 Å². The van der Waals surface area contributed by atoms with Crippen LogP contribution in [0.3, 0.4) is 0 Å². The van der Waals surface area contributed by atoms with Crippen LogP contribution in [0.4, 0.5) is 0 Å². The van der Waals surface area contributed by atoms with E-state index < -0.39 is 137 Å². The first kappa shape index (κ1) is 62.3. The van der Waals surface area contributed by atoms with E-state index in [2.05, 4.69) is 30.8 Å². The number of aliphatic hydroxyl groups is 1. The molecule has 10 N–H and O–H groups in total. The molecule has 2 aromatic carbocycles. The zero-order valence-corrected chi connectivity index (χ0v) is 45.0. The van der Waals surface area contributed by atoms with E-state index >= 15 is 0 Å². The first-order valence-corrected chi connectivity index (χ1v) is 27.0. The summed E-state index contributed by atoms with van der Waals surface area (Å²) in [6, 6.07) is 4.44. The quantitative estimate of drug-likeness (QED) is 0.0456. The van der Waals surface area contributed by atoms with Crippen LogP contribution in [-0.4, -0.2) is 168 Å². The maximum atomic E-state index is 15.0. The number of nitrogens with one attached hydrogen (secondary N) is 5. The number of benzene rings is 2. The SMILES string of the molecule is CCC(C)C1C(=O)N(C)[C@@H](Cc2ccccc2)C(=O)N[C@@H](C(C)CC)C(=O)O[C@H](C)C(NC(=O)[C@H](CCc2ccc(O)cc2)NC(=O)C(COS(=O)(=O)O)OC)C(=O)NC(CCCCN)C(=O)N[C@H]2CC[C@@H](O)N1C2=O. The summed E-state index contributed by atoms with van der Waals surface area (Å²) >= 11 is 0.